The third-order valence-electron chi connectivity index (χ3n) is 6.06. The van der Waals surface area contributed by atoms with Crippen LogP contribution < -0.4 is 5.32 Å². The van der Waals surface area contributed by atoms with Crippen molar-refractivity contribution in [1.29, 1.82) is 0 Å². The van der Waals surface area contributed by atoms with Gasteiger partial charge in [-0.3, -0.25) is 9.69 Å². The van der Waals surface area contributed by atoms with Gasteiger partial charge in [-0.2, -0.15) is 0 Å². The number of rotatable bonds is 10. The molecule has 0 saturated carbocycles. The highest BCUT2D eigenvalue weighted by atomic mass is 19.1. The number of amides is 2. The van der Waals surface area contributed by atoms with E-state index in [2.05, 4.69) is 5.32 Å². The standard InChI is InChI=1S/C28H38F2N2O3/c1-7-19(2)25(32(6)27(34)35-28(3,4)5)26(33)31-18-8-9-24(20-10-14-22(29)15-11-20)21-12-16-23(30)17-13-21/h10-17,19,24-25H,7-9,18H2,1-6H3,(H,31,33). The second-order valence-corrected chi connectivity index (χ2v) is 10.0. The van der Waals surface area contributed by atoms with E-state index in [0.29, 0.717) is 19.4 Å². The topological polar surface area (TPSA) is 58.6 Å². The van der Waals surface area contributed by atoms with Gasteiger partial charge in [-0.25, -0.2) is 13.6 Å². The number of halogens is 2. The van der Waals surface area contributed by atoms with Crippen molar-refractivity contribution in [3.63, 3.8) is 0 Å². The van der Waals surface area contributed by atoms with Crippen LogP contribution in [0.1, 0.15) is 70.9 Å². The lowest BCUT2D eigenvalue weighted by molar-refractivity contribution is -0.127. The monoisotopic (exact) mass is 488 g/mol. The van der Waals surface area contributed by atoms with E-state index >= 15 is 0 Å². The smallest absolute Gasteiger partial charge is 0.410 e. The van der Waals surface area contributed by atoms with Crippen LogP contribution >= 0.6 is 0 Å². The number of hydrogen-bond acceptors (Lipinski definition) is 3. The van der Waals surface area contributed by atoms with Crippen molar-refractivity contribution in [2.24, 2.45) is 5.92 Å². The molecule has 0 saturated heterocycles. The summed E-state index contributed by atoms with van der Waals surface area (Å²) in [6.45, 7) is 9.68. The lowest BCUT2D eigenvalue weighted by atomic mass is 9.87. The molecule has 2 rings (SSSR count). The maximum Gasteiger partial charge on any atom is 0.410 e. The number of carbonyl (C=O) groups excluding carboxylic acids is 2. The van der Waals surface area contributed by atoms with Gasteiger partial charge in [0.2, 0.25) is 5.91 Å². The fraction of sp³-hybridized carbons (Fsp3) is 0.500. The molecule has 192 valence electrons. The van der Waals surface area contributed by atoms with Gasteiger partial charge in [-0.15, -0.1) is 0 Å². The highest BCUT2D eigenvalue weighted by molar-refractivity contribution is 5.85. The molecule has 0 aromatic heterocycles. The summed E-state index contributed by atoms with van der Waals surface area (Å²) in [6, 6.07) is 11.9. The highest BCUT2D eigenvalue weighted by Gasteiger charge is 2.33. The quantitative estimate of drug-likeness (QED) is 0.401. The molecule has 7 heteroatoms. The number of nitrogens with one attached hydrogen (secondary N) is 1. The average Bonchev–Trinajstić information content (AvgIpc) is 2.79. The predicted molar refractivity (Wildman–Crippen MR) is 134 cm³/mol. The molecule has 2 atom stereocenters. The zero-order chi connectivity index (χ0) is 26.2. The summed E-state index contributed by atoms with van der Waals surface area (Å²) in [5, 5.41) is 2.96. The fourth-order valence-electron chi connectivity index (χ4n) is 4.03. The molecule has 5 nitrogen and oxygen atoms in total. The predicted octanol–water partition coefficient (Wildman–Crippen LogP) is 6.27. The fourth-order valence-corrected chi connectivity index (χ4v) is 4.03. The van der Waals surface area contributed by atoms with Crippen LogP contribution in [0.15, 0.2) is 48.5 Å². The van der Waals surface area contributed by atoms with Crippen LogP contribution in [0.5, 0.6) is 0 Å². The van der Waals surface area contributed by atoms with Gasteiger partial charge in [0.25, 0.3) is 0 Å². The molecule has 2 aromatic carbocycles. The Hall–Kier alpha value is -2.96. The summed E-state index contributed by atoms with van der Waals surface area (Å²) in [6.07, 6.45) is 1.51. The Kier molecular flexibility index (Phi) is 10.2. The van der Waals surface area contributed by atoms with E-state index < -0.39 is 17.7 Å². The van der Waals surface area contributed by atoms with Crippen molar-refractivity contribution in [3.05, 3.63) is 71.3 Å². The van der Waals surface area contributed by atoms with Crippen LogP contribution in [-0.4, -0.2) is 42.1 Å². The van der Waals surface area contributed by atoms with E-state index in [-0.39, 0.29) is 29.4 Å². The molecule has 0 heterocycles. The Morgan fingerprint density at radius 2 is 1.46 bits per heavy atom. The first-order valence-electron chi connectivity index (χ1n) is 12.2. The van der Waals surface area contributed by atoms with Crippen LogP contribution in [0.3, 0.4) is 0 Å². The lowest BCUT2D eigenvalue weighted by Crippen LogP contribution is -2.52. The minimum Gasteiger partial charge on any atom is -0.444 e. The lowest BCUT2D eigenvalue weighted by Gasteiger charge is -2.33. The number of ether oxygens (including phenoxy) is 1. The zero-order valence-corrected chi connectivity index (χ0v) is 21.6. The summed E-state index contributed by atoms with van der Waals surface area (Å²) < 4.78 is 32.4. The van der Waals surface area contributed by atoms with Crippen LogP contribution in [0.4, 0.5) is 13.6 Å². The van der Waals surface area contributed by atoms with Gasteiger partial charge in [0, 0.05) is 19.5 Å². The summed E-state index contributed by atoms with van der Waals surface area (Å²) in [5.41, 5.74) is 1.19. The van der Waals surface area contributed by atoms with Gasteiger partial charge in [-0.05, 0) is 74.9 Å². The molecule has 2 unspecified atom stereocenters. The van der Waals surface area contributed by atoms with Crippen molar-refractivity contribution in [1.82, 2.24) is 10.2 Å². The van der Waals surface area contributed by atoms with E-state index in [9.17, 15) is 18.4 Å². The number of carbonyl (C=O) groups is 2. The summed E-state index contributed by atoms with van der Waals surface area (Å²) >= 11 is 0. The van der Waals surface area contributed by atoms with Gasteiger partial charge < -0.3 is 10.1 Å². The Morgan fingerprint density at radius 3 is 1.89 bits per heavy atom. The van der Waals surface area contributed by atoms with Crippen molar-refractivity contribution < 1.29 is 23.1 Å². The van der Waals surface area contributed by atoms with Crippen molar-refractivity contribution in [3.8, 4) is 0 Å². The summed E-state index contributed by atoms with van der Waals surface area (Å²) in [5.74, 6) is -0.984. The number of hydrogen-bond donors (Lipinski definition) is 1. The Morgan fingerprint density at radius 1 is 0.971 bits per heavy atom. The van der Waals surface area contributed by atoms with Gasteiger partial charge in [-0.1, -0.05) is 44.5 Å². The third-order valence-corrected chi connectivity index (χ3v) is 6.06. The first-order valence-corrected chi connectivity index (χ1v) is 12.2. The first kappa shape index (κ1) is 28.3. The van der Waals surface area contributed by atoms with Gasteiger partial charge >= 0.3 is 6.09 Å². The maximum atomic E-state index is 13.4. The van der Waals surface area contributed by atoms with Crippen LogP contribution in [0.25, 0.3) is 0 Å². The minimum absolute atomic E-state index is 0.0568. The normalized spacial score (nSPS) is 13.3. The van der Waals surface area contributed by atoms with Crippen molar-refractivity contribution in [2.75, 3.05) is 13.6 Å². The molecule has 2 amide bonds. The number of benzene rings is 2. The van der Waals surface area contributed by atoms with Crippen LogP contribution in [0.2, 0.25) is 0 Å². The zero-order valence-electron chi connectivity index (χ0n) is 21.6. The Bertz CT molecular complexity index is 910. The minimum atomic E-state index is -0.655. The number of likely N-dealkylation sites (N-methyl/N-ethyl adjacent to an activating group) is 1. The summed E-state index contributed by atoms with van der Waals surface area (Å²) in [7, 11) is 1.59. The Labute approximate surface area is 207 Å². The molecule has 2 aromatic rings. The molecule has 0 fully saturated rings. The molecule has 0 radical (unpaired) electrons. The molecule has 0 aliphatic heterocycles. The van der Waals surface area contributed by atoms with E-state index in [1.165, 1.54) is 29.2 Å². The van der Waals surface area contributed by atoms with Crippen LogP contribution in [-0.2, 0) is 9.53 Å². The molecule has 1 N–H and O–H groups in total. The molecule has 0 spiro atoms. The molecule has 0 aliphatic carbocycles. The Balaban J connectivity index is 2.05. The van der Waals surface area contributed by atoms with Gasteiger partial charge in [0.1, 0.15) is 23.3 Å². The second-order valence-electron chi connectivity index (χ2n) is 10.0. The third kappa shape index (κ3) is 8.64. The molecular weight excluding hydrogens is 450 g/mol. The average molecular weight is 489 g/mol. The van der Waals surface area contributed by atoms with Crippen molar-refractivity contribution >= 4 is 12.0 Å². The molecule has 35 heavy (non-hydrogen) atoms. The molecule has 0 bridgehead atoms. The van der Waals surface area contributed by atoms with E-state index in [0.717, 1.165) is 17.5 Å². The highest BCUT2D eigenvalue weighted by Crippen LogP contribution is 2.29. The van der Waals surface area contributed by atoms with E-state index in [4.69, 9.17) is 4.74 Å². The second kappa shape index (κ2) is 12.7. The van der Waals surface area contributed by atoms with Gasteiger partial charge in [0.15, 0.2) is 0 Å². The molecular formula is C28H38F2N2O3. The maximum absolute atomic E-state index is 13.4. The number of nitrogens with zero attached hydrogens (tertiary/aromatic N) is 1. The summed E-state index contributed by atoms with van der Waals surface area (Å²) in [4.78, 5) is 27.0. The molecule has 0 aliphatic rings. The van der Waals surface area contributed by atoms with E-state index in [1.807, 2.05) is 13.8 Å². The first-order chi connectivity index (χ1) is 16.4. The van der Waals surface area contributed by atoms with Crippen LogP contribution in [0, 0.1) is 17.6 Å². The SMILES string of the molecule is CCC(C)C(C(=O)NCCCC(c1ccc(F)cc1)c1ccc(F)cc1)N(C)C(=O)OC(C)(C)C. The largest absolute Gasteiger partial charge is 0.444 e. The van der Waals surface area contributed by atoms with Crippen molar-refractivity contribution in [2.45, 2.75) is 71.4 Å². The van der Waals surface area contributed by atoms with Gasteiger partial charge in [0.05, 0.1) is 0 Å². The van der Waals surface area contributed by atoms with E-state index in [1.54, 1.807) is 52.1 Å².